The number of aliphatic hydroxyl groups is 1. The second-order valence-corrected chi connectivity index (χ2v) is 11.6. The fraction of sp³-hybridized carbons (Fsp3) is 0.308. The molecule has 1 aliphatic rings. The number of likely N-dealkylation sites (tertiary alicyclic amines) is 1. The first-order valence-electron chi connectivity index (χ1n) is 11.5. The molecule has 0 unspecified atom stereocenters. The number of amides is 1. The molecule has 7 nitrogen and oxygen atoms in total. The number of rotatable bonds is 7. The second kappa shape index (κ2) is 10.8. The molecule has 0 radical (unpaired) electrons. The van der Waals surface area contributed by atoms with E-state index in [2.05, 4.69) is 4.98 Å². The van der Waals surface area contributed by atoms with Gasteiger partial charge in [0.25, 0.3) is 10.0 Å². The third kappa shape index (κ3) is 5.52. The molecule has 0 bridgehead atoms. The summed E-state index contributed by atoms with van der Waals surface area (Å²) in [6, 6.07) is 14.9. The summed E-state index contributed by atoms with van der Waals surface area (Å²) in [4.78, 5) is 18.8. The van der Waals surface area contributed by atoms with Gasteiger partial charge in [-0.25, -0.2) is 8.42 Å². The average Bonchev–Trinajstić information content (AvgIpc) is 2.89. The molecule has 3 aromatic rings. The number of sulfonamides is 1. The molecule has 1 amide bonds. The van der Waals surface area contributed by atoms with E-state index in [4.69, 9.17) is 23.2 Å². The van der Waals surface area contributed by atoms with Crippen molar-refractivity contribution in [3.63, 3.8) is 0 Å². The van der Waals surface area contributed by atoms with Crippen LogP contribution in [0.15, 0.2) is 71.9 Å². The van der Waals surface area contributed by atoms with Gasteiger partial charge in [-0.1, -0.05) is 47.5 Å². The largest absolute Gasteiger partial charge is 0.385 e. The maximum Gasteiger partial charge on any atom is 0.264 e. The van der Waals surface area contributed by atoms with E-state index in [-0.39, 0.29) is 27.3 Å². The summed E-state index contributed by atoms with van der Waals surface area (Å²) in [6.07, 6.45) is 4.80. The highest BCUT2D eigenvalue weighted by Crippen LogP contribution is 2.33. The van der Waals surface area contributed by atoms with Crippen LogP contribution in [0.3, 0.4) is 0 Å². The molecule has 10 heteroatoms. The van der Waals surface area contributed by atoms with Gasteiger partial charge in [-0.3, -0.25) is 14.1 Å². The maximum atomic E-state index is 13.2. The monoisotopic (exact) mass is 547 g/mol. The summed E-state index contributed by atoms with van der Waals surface area (Å²) in [6.45, 7) is 0.884. The normalized spacial score (nSPS) is 15.5. The Bertz CT molecular complexity index is 1340. The Morgan fingerprint density at radius 3 is 2.47 bits per heavy atom. The van der Waals surface area contributed by atoms with E-state index < -0.39 is 15.6 Å². The number of piperidine rings is 1. The number of pyridine rings is 1. The van der Waals surface area contributed by atoms with Crippen LogP contribution in [-0.2, 0) is 26.8 Å². The minimum atomic E-state index is -3.89. The van der Waals surface area contributed by atoms with Crippen LogP contribution in [0, 0.1) is 0 Å². The molecule has 1 saturated heterocycles. The summed E-state index contributed by atoms with van der Waals surface area (Å²) < 4.78 is 27.7. The van der Waals surface area contributed by atoms with Crippen molar-refractivity contribution in [3.8, 4) is 0 Å². The quantitative estimate of drug-likeness (QED) is 0.464. The molecule has 1 aromatic heterocycles. The van der Waals surface area contributed by atoms with Crippen LogP contribution in [0.4, 0.5) is 5.69 Å². The van der Waals surface area contributed by atoms with E-state index in [1.165, 1.54) is 29.6 Å². The molecule has 36 heavy (non-hydrogen) atoms. The lowest BCUT2D eigenvalue weighted by Gasteiger charge is -2.38. The first kappa shape index (κ1) is 26.4. The summed E-state index contributed by atoms with van der Waals surface area (Å²) in [5.41, 5.74) is 0.998. The van der Waals surface area contributed by atoms with Crippen LogP contribution >= 0.6 is 23.2 Å². The zero-order valence-electron chi connectivity index (χ0n) is 19.8. The topological polar surface area (TPSA) is 90.8 Å². The lowest BCUT2D eigenvalue weighted by Crippen LogP contribution is -2.45. The lowest BCUT2D eigenvalue weighted by atomic mass is 9.85. The third-order valence-electron chi connectivity index (χ3n) is 6.63. The number of halogens is 2. The third-order valence-corrected chi connectivity index (χ3v) is 9.14. The Hall–Kier alpha value is -2.65. The van der Waals surface area contributed by atoms with Gasteiger partial charge in [-0.05, 0) is 55.2 Å². The molecule has 1 fully saturated rings. The fourth-order valence-electron chi connectivity index (χ4n) is 4.41. The standard InChI is InChI=1S/C26H27Cl2N3O4S/c1-30(36(34,35)21-9-10-22(27)23(28)17-21)24-7-3-2-5-19(24)8-11-25(32)31-15-12-26(33,13-16-31)20-6-4-14-29-18-20/h2-7,9-10,14,17-18,33H,8,11-13,15-16H2,1H3. The summed E-state index contributed by atoms with van der Waals surface area (Å²) in [5.74, 6) is -0.0342. The van der Waals surface area contributed by atoms with Gasteiger partial charge in [0.15, 0.2) is 0 Å². The molecule has 0 atom stereocenters. The van der Waals surface area contributed by atoms with Gasteiger partial charge in [0.1, 0.15) is 0 Å². The second-order valence-electron chi connectivity index (χ2n) is 8.83. The molecule has 1 aliphatic heterocycles. The van der Waals surface area contributed by atoms with Gasteiger partial charge in [0.05, 0.1) is 26.2 Å². The van der Waals surface area contributed by atoms with Gasteiger partial charge < -0.3 is 10.0 Å². The average molecular weight is 548 g/mol. The first-order chi connectivity index (χ1) is 17.1. The van der Waals surface area contributed by atoms with E-state index in [0.717, 1.165) is 11.1 Å². The number of hydrogen-bond acceptors (Lipinski definition) is 5. The summed E-state index contributed by atoms with van der Waals surface area (Å²) >= 11 is 12.0. The van der Waals surface area contributed by atoms with Crippen molar-refractivity contribution < 1.29 is 18.3 Å². The summed E-state index contributed by atoms with van der Waals surface area (Å²) in [7, 11) is -2.42. The molecule has 2 heterocycles. The highest BCUT2D eigenvalue weighted by Gasteiger charge is 2.35. The lowest BCUT2D eigenvalue weighted by molar-refractivity contribution is -0.135. The molecule has 190 valence electrons. The zero-order chi connectivity index (χ0) is 25.9. The van der Waals surface area contributed by atoms with E-state index >= 15 is 0 Å². The van der Waals surface area contributed by atoms with E-state index in [1.807, 2.05) is 18.2 Å². The van der Waals surface area contributed by atoms with E-state index in [1.54, 1.807) is 35.5 Å². The zero-order valence-corrected chi connectivity index (χ0v) is 22.1. The van der Waals surface area contributed by atoms with Crippen molar-refractivity contribution in [1.82, 2.24) is 9.88 Å². The molecule has 0 spiro atoms. The minimum absolute atomic E-state index is 0.0275. The highest BCUT2D eigenvalue weighted by atomic mass is 35.5. The van der Waals surface area contributed by atoms with Crippen molar-refractivity contribution in [1.29, 1.82) is 0 Å². The molecule has 1 N–H and O–H groups in total. The number of nitrogens with zero attached hydrogens (tertiary/aromatic N) is 3. The van der Waals surface area contributed by atoms with Crippen molar-refractivity contribution in [2.75, 3.05) is 24.4 Å². The number of aryl methyl sites for hydroxylation is 1. The van der Waals surface area contributed by atoms with Gasteiger partial charge in [-0.15, -0.1) is 0 Å². The van der Waals surface area contributed by atoms with Crippen LogP contribution in [0.1, 0.15) is 30.4 Å². The minimum Gasteiger partial charge on any atom is -0.385 e. The Labute approximate surface area is 221 Å². The number of carbonyl (C=O) groups is 1. The van der Waals surface area contributed by atoms with Crippen LogP contribution in [0.25, 0.3) is 0 Å². The number of benzene rings is 2. The van der Waals surface area contributed by atoms with Crippen LogP contribution < -0.4 is 4.31 Å². The van der Waals surface area contributed by atoms with Crippen molar-refractivity contribution in [2.45, 2.75) is 36.2 Å². The fourth-order valence-corrected chi connectivity index (χ4v) is 6.03. The first-order valence-corrected chi connectivity index (χ1v) is 13.7. The highest BCUT2D eigenvalue weighted by molar-refractivity contribution is 7.92. The van der Waals surface area contributed by atoms with Crippen LogP contribution in [0.5, 0.6) is 0 Å². The Kier molecular flexibility index (Phi) is 7.90. The SMILES string of the molecule is CN(c1ccccc1CCC(=O)N1CCC(O)(c2cccnc2)CC1)S(=O)(=O)c1ccc(Cl)c(Cl)c1. The molecule has 0 aliphatic carbocycles. The van der Waals surface area contributed by atoms with Gasteiger partial charge in [-0.2, -0.15) is 0 Å². The summed E-state index contributed by atoms with van der Waals surface area (Å²) in [5, 5.41) is 11.4. The number of anilines is 1. The molecule has 4 rings (SSSR count). The Morgan fingerprint density at radius 2 is 1.81 bits per heavy atom. The van der Waals surface area contributed by atoms with Gasteiger partial charge in [0, 0.05) is 44.5 Å². The van der Waals surface area contributed by atoms with Crippen LogP contribution in [-0.4, -0.2) is 49.5 Å². The predicted octanol–water partition coefficient (Wildman–Crippen LogP) is 4.66. The maximum absolute atomic E-state index is 13.2. The van der Waals surface area contributed by atoms with Crippen molar-refractivity contribution >= 4 is 44.8 Å². The van der Waals surface area contributed by atoms with Gasteiger partial charge in [0.2, 0.25) is 5.91 Å². The Balaban J connectivity index is 1.43. The number of aromatic nitrogens is 1. The number of para-hydroxylation sites is 1. The molecule has 2 aromatic carbocycles. The predicted molar refractivity (Wildman–Crippen MR) is 141 cm³/mol. The molecular formula is C26H27Cl2N3O4S. The molecule has 0 saturated carbocycles. The molecular weight excluding hydrogens is 521 g/mol. The smallest absolute Gasteiger partial charge is 0.264 e. The number of carbonyl (C=O) groups excluding carboxylic acids is 1. The number of hydrogen-bond donors (Lipinski definition) is 1. The van der Waals surface area contributed by atoms with Crippen LogP contribution in [0.2, 0.25) is 10.0 Å². The van der Waals surface area contributed by atoms with E-state index in [0.29, 0.717) is 38.0 Å². The van der Waals surface area contributed by atoms with Crippen molar-refractivity contribution in [3.05, 3.63) is 88.2 Å². The van der Waals surface area contributed by atoms with E-state index in [9.17, 15) is 18.3 Å². The van der Waals surface area contributed by atoms with Crippen molar-refractivity contribution in [2.24, 2.45) is 0 Å². The Morgan fingerprint density at radius 1 is 1.08 bits per heavy atom. The van der Waals surface area contributed by atoms with Gasteiger partial charge >= 0.3 is 0 Å².